The molecule has 2 aromatic rings. The summed E-state index contributed by atoms with van der Waals surface area (Å²) in [5, 5.41) is 3.63. The number of nitrogens with zero attached hydrogens (tertiary/aromatic N) is 2. The zero-order chi connectivity index (χ0) is 16.4. The number of piperidine rings is 1. The summed E-state index contributed by atoms with van der Waals surface area (Å²) in [6.07, 6.45) is 0.495. The molecule has 1 aliphatic rings. The number of benzene rings is 1. The maximum absolute atomic E-state index is 13.2. The van der Waals surface area contributed by atoms with Gasteiger partial charge in [-0.3, -0.25) is 0 Å². The van der Waals surface area contributed by atoms with E-state index in [0.29, 0.717) is 18.1 Å². The fourth-order valence-corrected chi connectivity index (χ4v) is 3.53. The number of likely N-dealkylation sites (tertiary alicyclic amines) is 1. The quantitative estimate of drug-likeness (QED) is 0.760. The van der Waals surface area contributed by atoms with Crippen LogP contribution in [-0.4, -0.2) is 28.9 Å². The monoisotopic (exact) mass is 354 g/mol. The lowest BCUT2D eigenvalue weighted by molar-refractivity contribution is -0.0450. The van der Waals surface area contributed by atoms with Crippen LogP contribution in [0.2, 0.25) is 5.02 Å². The Morgan fingerprint density at radius 3 is 2.57 bits per heavy atom. The maximum Gasteiger partial charge on any atom is 0.251 e. The standard InChI is InChI=1S/C17H17ClF2N2S/c1-12(22-8-6-17(19,20)7-9-22)15-11-23-16(21-15)10-13-2-4-14(18)5-3-13/h2-5,11H,1,6-10H2. The zero-order valence-electron chi connectivity index (χ0n) is 12.6. The van der Waals surface area contributed by atoms with E-state index in [4.69, 9.17) is 11.6 Å². The highest BCUT2D eigenvalue weighted by Gasteiger charge is 2.34. The van der Waals surface area contributed by atoms with Gasteiger partial charge in [0, 0.05) is 42.8 Å². The summed E-state index contributed by atoms with van der Waals surface area (Å²) in [5.41, 5.74) is 2.65. The van der Waals surface area contributed by atoms with Crippen LogP contribution in [0.15, 0.2) is 36.2 Å². The van der Waals surface area contributed by atoms with E-state index in [2.05, 4.69) is 11.6 Å². The first kappa shape index (κ1) is 16.4. The number of alkyl halides is 2. The first-order valence-electron chi connectivity index (χ1n) is 7.44. The highest BCUT2D eigenvalue weighted by Crippen LogP contribution is 2.31. The van der Waals surface area contributed by atoms with E-state index in [1.165, 1.54) is 0 Å². The molecule has 0 aliphatic carbocycles. The van der Waals surface area contributed by atoms with E-state index >= 15 is 0 Å². The Bertz CT molecular complexity index is 687. The van der Waals surface area contributed by atoms with Gasteiger partial charge in [-0.1, -0.05) is 30.3 Å². The highest BCUT2D eigenvalue weighted by atomic mass is 35.5. The van der Waals surface area contributed by atoms with E-state index in [1.54, 1.807) is 11.3 Å². The Hall–Kier alpha value is -1.46. The van der Waals surface area contributed by atoms with Crippen molar-refractivity contribution in [2.45, 2.75) is 25.2 Å². The summed E-state index contributed by atoms with van der Waals surface area (Å²) in [6.45, 7) is 4.69. The van der Waals surface area contributed by atoms with Gasteiger partial charge in [-0.05, 0) is 17.7 Å². The van der Waals surface area contributed by atoms with Crippen LogP contribution in [0.5, 0.6) is 0 Å². The molecule has 3 rings (SSSR count). The largest absolute Gasteiger partial charge is 0.370 e. The van der Waals surface area contributed by atoms with Gasteiger partial charge in [-0.25, -0.2) is 13.8 Å². The van der Waals surface area contributed by atoms with Crippen molar-refractivity contribution in [3.8, 4) is 0 Å². The van der Waals surface area contributed by atoms with Gasteiger partial charge in [-0.2, -0.15) is 0 Å². The molecule has 1 saturated heterocycles. The minimum atomic E-state index is -2.54. The second kappa shape index (κ2) is 6.57. The van der Waals surface area contributed by atoms with Gasteiger partial charge in [0.15, 0.2) is 0 Å². The fourth-order valence-electron chi connectivity index (χ4n) is 2.57. The van der Waals surface area contributed by atoms with Crippen molar-refractivity contribution in [2.75, 3.05) is 13.1 Å². The molecule has 0 amide bonds. The number of hydrogen-bond acceptors (Lipinski definition) is 3. The summed E-state index contributed by atoms with van der Waals surface area (Å²) in [4.78, 5) is 6.50. The molecule has 1 aromatic heterocycles. The van der Waals surface area contributed by atoms with Crippen molar-refractivity contribution >= 4 is 28.6 Å². The predicted molar refractivity (Wildman–Crippen MR) is 91.2 cm³/mol. The molecular formula is C17H17ClF2N2S. The minimum absolute atomic E-state index is 0.117. The molecule has 0 bridgehead atoms. The molecule has 2 heterocycles. The van der Waals surface area contributed by atoms with Gasteiger partial charge in [0.2, 0.25) is 0 Å². The number of aromatic nitrogens is 1. The van der Waals surface area contributed by atoms with Crippen LogP contribution in [-0.2, 0) is 6.42 Å². The summed E-state index contributed by atoms with van der Waals surface area (Å²) in [7, 11) is 0. The summed E-state index contributed by atoms with van der Waals surface area (Å²) in [5.74, 6) is -2.54. The van der Waals surface area contributed by atoms with Crippen LogP contribution in [0.25, 0.3) is 5.70 Å². The first-order chi connectivity index (χ1) is 10.9. The van der Waals surface area contributed by atoms with E-state index < -0.39 is 5.92 Å². The Morgan fingerprint density at radius 2 is 1.91 bits per heavy atom. The maximum atomic E-state index is 13.2. The van der Waals surface area contributed by atoms with Gasteiger partial charge in [0.05, 0.1) is 16.4 Å². The Kier molecular flexibility index (Phi) is 4.69. The van der Waals surface area contributed by atoms with E-state index in [9.17, 15) is 8.78 Å². The molecule has 0 atom stereocenters. The molecule has 122 valence electrons. The van der Waals surface area contributed by atoms with E-state index in [-0.39, 0.29) is 12.8 Å². The third kappa shape index (κ3) is 4.09. The second-order valence-electron chi connectivity index (χ2n) is 5.72. The predicted octanol–water partition coefficient (Wildman–Crippen LogP) is 5.09. The number of thiazole rings is 1. The molecule has 1 aliphatic heterocycles. The summed E-state index contributed by atoms with van der Waals surface area (Å²) < 4.78 is 26.5. The molecule has 0 radical (unpaired) electrons. The van der Waals surface area contributed by atoms with E-state index in [1.807, 2.05) is 34.5 Å². The molecule has 0 N–H and O–H groups in total. The Morgan fingerprint density at radius 1 is 1.26 bits per heavy atom. The average molecular weight is 355 g/mol. The van der Waals surface area contributed by atoms with Crippen LogP contribution in [0.1, 0.15) is 29.1 Å². The van der Waals surface area contributed by atoms with Crippen LogP contribution >= 0.6 is 22.9 Å². The summed E-state index contributed by atoms with van der Waals surface area (Å²) >= 11 is 7.44. The smallest absolute Gasteiger partial charge is 0.251 e. The normalized spacial score (nSPS) is 17.3. The van der Waals surface area contributed by atoms with Gasteiger partial charge >= 0.3 is 0 Å². The van der Waals surface area contributed by atoms with Crippen LogP contribution in [0, 0.1) is 0 Å². The highest BCUT2D eigenvalue weighted by molar-refractivity contribution is 7.09. The first-order valence-corrected chi connectivity index (χ1v) is 8.70. The number of hydrogen-bond donors (Lipinski definition) is 0. The van der Waals surface area contributed by atoms with E-state index in [0.717, 1.165) is 28.4 Å². The minimum Gasteiger partial charge on any atom is -0.370 e. The number of halogens is 3. The SMILES string of the molecule is C=C(c1csc(Cc2ccc(Cl)cc2)n1)N1CCC(F)(F)CC1. The average Bonchev–Trinajstić information content (AvgIpc) is 2.97. The molecular weight excluding hydrogens is 338 g/mol. The van der Waals surface area contributed by atoms with Crippen LogP contribution in [0.4, 0.5) is 8.78 Å². The van der Waals surface area contributed by atoms with Gasteiger partial charge in [0.1, 0.15) is 0 Å². The molecule has 1 fully saturated rings. The molecule has 6 heteroatoms. The van der Waals surface area contributed by atoms with Gasteiger partial charge in [-0.15, -0.1) is 11.3 Å². The molecule has 0 saturated carbocycles. The fraction of sp³-hybridized carbons (Fsp3) is 0.353. The molecule has 0 unspecified atom stereocenters. The zero-order valence-corrected chi connectivity index (χ0v) is 14.1. The molecule has 2 nitrogen and oxygen atoms in total. The second-order valence-corrected chi connectivity index (χ2v) is 7.10. The van der Waals surface area contributed by atoms with Crippen molar-refractivity contribution in [1.82, 2.24) is 9.88 Å². The Balaban J connectivity index is 1.64. The van der Waals surface area contributed by atoms with Gasteiger partial charge < -0.3 is 4.90 Å². The Labute approximate surface area is 143 Å². The van der Waals surface area contributed by atoms with Crippen LogP contribution in [0.3, 0.4) is 0 Å². The topological polar surface area (TPSA) is 16.1 Å². The lowest BCUT2D eigenvalue weighted by Crippen LogP contribution is -2.38. The van der Waals surface area contributed by atoms with Crippen molar-refractivity contribution < 1.29 is 8.78 Å². The lowest BCUT2D eigenvalue weighted by Gasteiger charge is -2.33. The van der Waals surface area contributed by atoms with Gasteiger partial charge in [0.25, 0.3) is 5.92 Å². The number of rotatable bonds is 4. The van der Waals surface area contributed by atoms with Crippen molar-refractivity contribution in [1.29, 1.82) is 0 Å². The molecule has 23 heavy (non-hydrogen) atoms. The van der Waals surface area contributed by atoms with Crippen molar-refractivity contribution in [3.05, 3.63) is 57.5 Å². The third-order valence-electron chi connectivity index (χ3n) is 3.99. The van der Waals surface area contributed by atoms with Crippen molar-refractivity contribution in [3.63, 3.8) is 0 Å². The molecule has 1 aromatic carbocycles. The van der Waals surface area contributed by atoms with Crippen molar-refractivity contribution in [2.24, 2.45) is 0 Å². The van der Waals surface area contributed by atoms with Crippen LogP contribution < -0.4 is 0 Å². The summed E-state index contributed by atoms with van der Waals surface area (Å²) in [6, 6.07) is 7.67. The molecule has 0 spiro atoms. The third-order valence-corrected chi connectivity index (χ3v) is 5.09. The lowest BCUT2D eigenvalue weighted by atomic mass is 10.1.